The minimum Gasteiger partial charge on any atom is -0.480 e. The first-order valence-corrected chi connectivity index (χ1v) is 12.9. The molecule has 2 aromatic rings. The van der Waals surface area contributed by atoms with Gasteiger partial charge in [0.05, 0.1) is 0 Å². The zero-order valence-corrected chi connectivity index (χ0v) is 19.8. The number of alkyl halides is 1. The molecule has 5 rings (SSSR count). The number of aryl methyl sites for hydroxylation is 2. The van der Waals surface area contributed by atoms with Crippen LogP contribution >= 0.6 is 0 Å². The largest absolute Gasteiger partial charge is 0.480 e. The highest BCUT2D eigenvalue weighted by Crippen LogP contribution is 2.43. The van der Waals surface area contributed by atoms with Crippen LogP contribution in [0.3, 0.4) is 0 Å². The molecule has 0 bridgehead atoms. The summed E-state index contributed by atoms with van der Waals surface area (Å²) in [6, 6.07) is 7.25. The van der Waals surface area contributed by atoms with E-state index < -0.39 is 18.2 Å². The Labute approximate surface area is 201 Å². The molecule has 2 aliphatic heterocycles. The van der Waals surface area contributed by atoms with E-state index in [0.29, 0.717) is 31.8 Å². The van der Waals surface area contributed by atoms with Crippen molar-refractivity contribution in [3.63, 3.8) is 0 Å². The van der Waals surface area contributed by atoms with E-state index in [4.69, 9.17) is 4.98 Å². The summed E-state index contributed by atoms with van der Waals surface area (Å²) < 4.78 is 15.1. The molecule has 0 aromatic carbocycles. The molecule has 4 heterocycles. The third-order valence-electron chi connectivity index (χ3n) is 7.61. The van der Waals surface area contributed by atoms with Gasteiger partial charge in [-0.2, -0.15) is 0 Å². The van der Waals surface area contributed by atoms with E-state index in [2.05, 4.69) is 22.4 Å². The van der Waals surface area contributed by atoms with E-state index in [1.54, 1.807) is 6.20 Å². The number of carboxylic acid groups (broad SMARTS) is 1. The number of pyridine rings is 2. The number of carboxylic acids is 1. The Hall–Kier alpha value is -2.54. The zero-order chi connectivity index (χ0) is 23.5. The van der Waals surface area contributed by atoms with E-state index in [9.17, 15) is 9.90 Å². The maximum Gasteiger partial charge on any atom is 0.325 e. The first-order valence-electron chi connectivity index (χ1n) is 12.9. The fourth-order valence-electron chi connectivity index (χ4n) is 5.58. The quantitative estimate of drug-likeness (QED) is 0.485. The van der Waals surface area contributed by atoms with Gasteiger partial charge in [-0.3, -0.25) is 14.7 Å². The number of aliphatic carboxylic acids is 1. The fourth-order valence-corrected chi connectivity index (χ4v) is 5.58. The monoisotopic (exact) mass is 466 g/mol. The van der Waals surface area contributed by atoms with E-state index in [1.165, 1.54) is 5.56 Å². The Morgan fingerprint density at radius 2 is 2.12 bits per heavy atom. The van der Waals surface area contributed by atoms with Crippen LogP contribution in [0.15, 0.2) is 30.5 Å². The number of hydrogen-bond donors (Lipinski definition) is 2. The summed E-state index contributed by atoms with van der Waals surface area (Å²) in [5, 5.41) is 13.4. The summed E-state index contributed by atoms with van der Waals surface area (Å²) in [5.41, 5.74) is 4.07. The van der Waals surface area contributed by atoms with E-state index in [1.807, 2.05) is 17.0 Å². The second-order valence-corrected chi connectivity index (χ2v) is 10.1. The van der Waals surface area contributed by atoms with Crippen molar-refractivity contribution in [2.45, 2.75) is 75.9 Å². The minimum absolute atomic E-state index is 0.103. The number of nitrogens with one attached hydrogen (secondary N) is 1. The average Bonchev–Trinajstić information content (AvgIpc) is 3.59. The molecular weight excluding hydrogens is 431 g/mol. The molecule has 7 heteroatoms. The summed E-state index contributed by atoms with van der Waals surface area (Å²) in [6.45, 7) is 2.10. The minimum atomic E-state index is -0.894. The maximum atomic E-state index is 15.1. The van der Waals surface area contributed by atoms with Gasteiger partial charge in [-0.15, -0.1) is 0 Å². The molecular formula is C27H35FN4O2. The number of likely N-dealkylation sites (tertiary alicyclic amines) is 1. The van der Waals surface area contributed by atoms with E-state index >= 15 is 4.39 Å². The average molecular weight is 467 g/mol. The van der Waals surface area contributed by atoms with Crippen LogP contribution in [0.25, 0.3) is 0 Å². The standard InChI is InChI=1S/C27H35FN4O2/c28-23(8-2-1-6-21-12-11-19-5-3-15-30-26(19)31-21)20-13-16-32(17-20)25(27(33)34)22-7-4-14-29-24(22)18-9-10-18/h4,7,11-12,14,18,20,23,25H,1-3,5-6,8-10,13,15-17H2,(H,30,31)(H,33,34)/t20-,23?,25-/m1/s1. The number of nitrogens with zero attached hydrogens (tertiary/aromatic N) is 3. The number of carbonyl (C=O) groups is 1. The Bertz CT molecular complexity index is 1010. The van der Waals surface area contributed by atoms with Crippen molar-refractivity contribution in [3.05, 3.63) is 53.0 Å². The highest BCUT2D eigenvalue weighted by atomic mass is 19.1. The summed E-state index contributed by atoms with van der Waals surface area (Å²) in [7, 11) is 0. The van der Waals surface area contributed by atoms with Gasteiger partial charge in [-0.1, -0.05) is 18.6 Å². The number of aromatic nitrogens is 2. The third-order valence-corrected chi connectivity index (χ3v) is 7.61. The normalized spacial score (nSPS) is 22.1. The zero-order valence-electron chi connectivity index (χ0n) is 19.8. The molecule has 182 valence electrons. The second kappa shape index (κ2) is 10.4. The topological polar surface area (TPSA) is 78.3 Å². The molecule has 2 N–H and O–H groups in total. The summed E-state index contributed by atoms with van der Waals surface area (Å²) in [6.07, 6.45) is 9.08. The van der Waals surface area contributed by atoms with Crippen LogP contribution in [0, 0.1) is 5.92 Å². The van der Waals surface area contributed by atoms with Crippen molar-refractivity contribution in [1.29, 1.82) is 0 Å². The van der Waals surface area contributed by atoms with Crippen LogP contribution in [0.5, 0.6) is 0 Å². The van der Waals surface area contributed by atoms with Crippen LogP contribution in [0.4, 0.5) is 10.2 Å². The SMILES string of the molecule is O=C(O)[C@@H](c1cccnc1C1CC1)N1CC[C@@H](C(F)CCCCc2ccc3c(n2)NCCC3)C1. The molecule has 1 saturated heterocycles. The second-order valence-electron chi connectivity index (χ2n) is 10.1. The van der Waals surface area contributed by atoms with Crippen molar-refractivity contribution in [2.75, 3.05) is 25.0 Å². The van der Waals surface area contributed by atoms with E-state index in [0.717, 1.165) is 74.3 Å². The van der Waals surface area contributed by atoms with Crippen LogP contribution in [0.2, 0.25) is 0 Å². The van der Waals surface area contributed by atoms with Crippen molar-refractivity contribution >= 4 is 11.8 Å². The first-order chi connectivity index (χ1) is 16.6. The number of hydrogen-bond acceptors (Lipinski definition) is 5. The molecule has 1 unspecified atom stereocenters. The Morgan fingerprint density at radius 1 is 1.24 bits per heavy atom. The lowest BCUT2D eigenvalue weighted by atomic mass is 9.97. The summed E-state index contributed by atoms with van der Waals surface area (Å²) >= 11 is 0. The number of halogens is 1. The highest BCUT2D eigenvalue weighted by molar-refractivity contribution is 5.76. The number of anilines is 1. The predicted octanol–water partition coefficient (Wildman–Crippen LogP) is 4.91. The van der Waals surface area contributed by atoms with Crippen LogP contribution in [0.1, 0.15) is 79.4 Å². The molecule has 34 heavy (non-hydrogen) atoms. The molecule has 2 fully saturated rings. The molecule has 0 spiro atoms. The van der Waals surface area contributed by atoms with E-state index in [-0.39, 0.29) is 5.92 Å². The lowest BCUT2D eigenvalue weighted by molar-refractivity contribution is -0.143. The molecule has 0 amide bonds. The lowest BCUT2D eigenvalue weighted by Crippen LogP contribution is -2.34. The van der Waals surface area contributed by atoms with Crippen molar-refractivity contribution in [1.82, 2.24) is 14.9 Å². The summed E-state index contributed by atoms with van der Waals surface area (Å²) in [5.74, 6) is 0.433. The number of fused-ring (bicyclic) bond motifs is 1. The van der Waals surface area contributed by atoms with Crippen LogP contribution in [-0.2, 0) is 17.6 Å². The molecule has 0 radical (unpaired) electrons. The molecule has 2 aromatic heterocycles. The Balaban J connectivity index is 1.12. The third kappa shape index (κ3) is 5.24. The van der Waals surface area contributed by atoms with Crippen LogP contribution in [-0.4, -0.2) is 51.7 Å². The van der Waals surface area contributed by atoms with Gasteiger partial charge in [0.15, 0.2) is 0 Å². The van der Waals surface area contributed by atoms with Gasteiger partial charge in [-0.25, -0.2) is 9.37 Å². The van der Waals surface area contributed by atoms with Gasteiger partial charge in [0, 0.05) is 48.1 Å². The first kappa shape index (κ1) is 23.2. The van der Waals surface area contributed by atoms with Gasteiger partial charge in [0.2, 0.25) is 0 Å². The van der Waals surface area contributed by atoms with Crippen molar-refractivity contribution in [2.24, 2.45) is 5.92 Å². The Kier molecular flexibility index (Phi) is 7.09. The van der Waals surface area contributed by atoms with Crippen molar-refractivity contribution in [3.8, 4) is 0 Å². The highest BCUT2D eigenvalue weighted by Gasteiger charge is 2.39. The van der Waals surface area contributed by atoms with Gasteiger partial charge in [0.25, 0.3) is 0 Å². The van der Waals surface area contributed by atoms with Crippen LogP contribution < -0.4 is 5.32 Å². The van der Waals surface area contributed by atoms with Gasteiger partial charge >= 0.3 is 5.97 Å². The molecule has 1 aliphatic carbocycles. The number of rotatable bonds is 10. The Morgan fingerprint density at radius 3 is 2.94 bits per heavy atom. The summed E-state index contributed by atoms with van der Waals surface area (Å²) in [4.78, 5) is 23.4. The van der Waals surface area contributed by atoms with Gasteiger partial charge in [0.1, 0.15) is 18.0 Å². The molecule has 3 aliphatic rings. The number of unbranched alkanes of at least 4 members (excludes halogenated alkanes) is 1. The molecule has 3 atom stereocenters. The lowest BCUT2D eigenvalue weighted by Gasteiger charge is -2.26. The molecule has 6 nitrogen and oxygen atoms in total. The molecule has 1 saturated carbocycles. The van der Waals surface area contributed by atoms with Crippen molar-refractivity contribution < 1.29 is 14.3 Å². The predicted molar refractivity (Wildman–Crippen MR) is 130 cm³/mol. The van der Waals surface area contributed by atoms with Gasteiger partial charge in [-0.05, 0) is 75.6 Å². The smallest absolute Gasteiger partial charge is 0.325 e. The fraction of sp³-hybridized carbons (Fsp3) is 0.593. The van der Waals surface area contributed by atoms with Gasteiger partial charge < -0.3 is 10.4 Å². The maximum absolute atomic E-state index is 15.1.